The van der Waals surface area contributed by atoms with E-state index in [9.17, 15) is 9.59 Å². The predicted octanol–water partition coefficient (Wildman–Crippen LogP) is 4.80. The summed E-state index contributed by atoms with van der Waals surface area (Å²) in [7, 11) is 9.10. The Balaban J connectivity index is 1.64. The highest BCUT2D eigenvalue weighted by atomic mass is 16.5. The Morgan fingerprint density at radius 1 is 0.725 bits per heavy atom. The molecule has 10 nitrogen and oxygen atoms in total. The van der Waals surface area contributed by atoms with Gasteiger partial charge in [-0.1, -0.05) is 6.07 Å². The van der Waals surface area contributed by atoms with Gasteiger partial charge in [-0.25, -0.2) is 0 Å². The van der Waals surface area contributed by atoms with E-state index in [4.69, 9.17) is 37.9 Å². The number of benzene rings is 3. The number of hydrogen-bond acceptors (Lipinski definition) is 10. The van der Waals surface area contributed by atoms with Crippen molar-refractivity contribution < 1.29 is 47.5 Å². The van der Waals surface area contributed by atoms with Crippen LogP contribution in [0, 0.1) is 0 Å². The van der Waals surface area contributed by atoms with Gasteiger partial charge < -0.3 is 37.9 Å². The molecule has 0 radical (unpaired) electrons. The molecule has 2 heterocycles. The number of rotatable bonds is 8. The summed E-state index contributed by atoms with van der Waals surface area (Å²) in [5.41, 5.74) is 2.10. The van der Waals surface area contributed by atoms with Crippen LogP contribution in [-0.4, -0.2) is 54.4 Å². The fourth-order valence-electron chi connectivity index (χ4n) is 5.08. The standard InChI is InChI=1S/C30H28O10/c1-33-20-10-7-16(29(37-5)30(20)38-6)18-13-25(31)39-19-9-8-17-27(32)24(40-28(17)26(18)19)12-15-11-22(35-3)23(36-4)14-21(15)34-2/h7-12,14,18H,13H2,1-6H3/b24-12-/t18-/m0/s1. The molecule has 0 fully saturated rings. The van der Waals surface area contributed by atoms with Crippen LogP contribution < -0.4 is 37.9 Å². The fourth-order valence-corrected chi connectivity index (χ4v) is 5.08. The molecule has 0 bridgehead atoms. The normalized spacial score (nSPS) is 16.4. The first-order valence-electron chi connectivity index (χ1n) is 12.3. The third-order valence-corrected chi connectivity index (χ3v) is 6.91. The smallest absolute Gasteiger partial charge is 0.312 e. The van der Waals surface area contributed by atoms with E-state index in [2.05, 4.69) is 0 Å². The van der Waals surface area contributed by atoms with E-state index in [1.165, 1.54) is 42.7 Å². The van der Waals surface area contributed by atoms with Crippen molar-refractivity contribution in [1.29, 1.82) is 0 Å². The van der Waals surface area contributed by atoms with Crippen molar-refractivity contribution >= 4 is 17.8 Å². The number of allylic oxidation sites excluding steroid dienone is 1. The first-order valence-corrected chi connectivity index (χ1v) is 12.3. The van der Waals surface area contributed by atoms with Gasteiger partial charge in [0.05, 0.1) is 54.6 Å². The van der Waals surface area contributed by atoms with Gasteiger partial charge in [-0.2, -0.15) is 0 Å². The lowest BCUT2D eigenvalue weighted by Gasteiger charge is -2.28. The Kier molecular flexibility index (Phi) is 7.17. The lowest BCUT2D eigenvalue weighted by atomic mass is 9.84. The quantitative estimate of drug-likeness (QED) is 0.221. The van der Waals surface area contributed by atoms with Gasteiger partial charge in [0.1, 0.15) is 17.2 Å². The maximum Gasteiger partial charge on any atom is 0.312 e. The molecule has 1 atom stereocenters. The fraction of sp³-hybridized carbons (Fsp3) is 0.267. The van der Waals surface area contributed by atoms with Crippen molar-refractivity contribution in [3.63, 3.8) is 0 Å². The zero-order chi connectivity index (χ0) is 28.6. The van der Waals surface area contributed by atoms with Crippen LogP contribution in [0.25, 0.3) is 6.08 Å². The third-order valence-electron chi connectivity index (χ3n) is 6.91. The van der Waals surface area contributed by atoms with Crippen LogP contribution >= 0.6 is 0 Å². The van der Waals surface area contributed by atoms with E-state index in [0.29, 0.717) is 68.2 Å². The summed E-state index contributed by atoms with van der Waals surface area (Å²) in [5.74, 6) is 2.03. The number of Topliss-reactive ketones (excluding diaryl/α,β-unsaturated/α-hetero) is 1. The van der Waals surface area contributed by atoms with E-state index >= 15 is 0 Å². The highest BCUT2D eigenvalue weighted by Gasteiger charge is 2.40. The predicted molar refractivity (Wildman–Crippen MR) is 144 cm³/mol. The monoisotopic (exact) mass is 548 g/mol. The number of methoxy groups -OCH3 is 6. The Morgan fingerprint density at radius 2 is 1.40 bits per heavy atom. The van der Waals surface area contributed by atoms with Crippen molar-refractivity contribution in [2.75, 3.05) is 42.7 Å². The lowest BCUT2D eigenvalue weighted by Crippen LogP contribution is -2.22. The lowest BCUT2D eigenvalue weighted by molar-refractivity contribution is -0.135. The van der Waals surface area contributed by atoms with Crippen LogP contribution in [0.3, 0.4) is 0 Å². The van der Waals surface area contributed by atoms with Gasteiger partial charge in [0.2, 0.25) is 11.5 Å². The average Bonchev–Trinajstić information content (AvgIpc) is 3.29. The van der Waals surface area contributed by atoms with Crippen molar-refractivity contribution in [2.45, 2.75) is 12.3 Å². The highest BCUT2D eigenvalue weighted by molar-refractivity contribution is 6.15. The number of ether oxygens (including phenoxy) is 8. The molecule has 0 saturated heterocycles. The molecule has 0 aliphatic carbocycles. The minimum Gasteiger partial charge on any atom is -0.496 e. The molecule has 2 aliphatic rings. The van der Waals surface area contributed by atoms with Gasteiger partial charge >= 0.3 is 5.97 Å². The first-order chi connectivity index (χ1) is 19.4. The second-order valence-electron chi connectivity index (χ2n) is 8.90. The van der Waals surface area contributed by atoms with Crippen molar-refractivity contribution in [1.82, 2.24) is 0 Å². The van der Waals surface area contributed by atoms with Gasteiger partial charge in [-0.3, -0.25) is 9.59 Å². The van der Waals surface area contributed by atoms with E-state index in [1.807, 2.05) is 0 Å². The number of ketones is 1. The number of carbonyl (C=O) groups is 2. The minimum atomic E-state index is -0.552. The number of fused-ring (bicyclic) bond motifs is 3. The summed E-state index contributed by atoms with van der Waals surface area (Å²) in [6.07, 6.45) is 1.58. The van der Waals surface area contributed by atoms with E-state index < -0.39 is 11.9 Å². The summed E-state index contributed by atoms with van der Waals surface area (Å²) < 4.78 is 44.8. The molecule has 10 heteroatoms. The molecule has 2 aliphatic heterocycles. The molecule has 0 unspecified atom stereocenters. The van der Waals surface area contributed by atoms with E-state index in [0.717, 1.165) is 0 Å². The molecule has 208 valence electrons. The average molecular weight is 549 g/mol. The molecular formula is C30H28O10. The zero-order valence-electron chi connectivity index (χ0n) is 22.9. The van der Waals surface area contributed by atoms with Crippen LogP contribution in [0.4, 0.5) is 0 Å². The SMILES string of the molecule is COc1cc(OC)c(OC)cc1/C=C1\Oc2c(ccc3c2[C@H](c2ccc(OC)c(OC)c2OC)CC(=O)O3)C1=O. The van der Waals surface area contributed by atoms with Gasteiger partial charge in [-0.15, -0.1) is 0 Å². The second kappa shape index (κ2) is 10.7. The molecule has 0 aromatic heterocycles. The Morgan fingerprint density at radius 3 is 2.05 bits per heavy atom. The largest absolute Gasteiger partial charge is 0.496 e. The number of carbonyl (C=O) groups excluding carboxylic acids is 2. The molecule has 0 saturated carbocycles. The van der Waals surface area contributed by atoms with Crippen LogP contribution in [0.1, 0.15) is 39.4 Å². The molecule has 5 rings (SSSR count). The second-order valence-corrected chi connectivity index (χ2v) is 8.90. The summed E-state index contributed by atoms with van der Waals surface area (Å²) in [6, 6.07) is 10.1. The van der Waals surface area contributed by atoms with Crippen LogP contribution in [0.15, 0.2) is 42.2 Å². The molecule has 0 amide bonds. The van der Waals surface area contributed by atoms with Crippen molar-refractivity contribution in [3.05, 3.63) is 64.4 Å². The summed E-state index contributed by atoms with van der Waals surface area (Å²) >= 11 is 0. The molecule has 40 heavy (non-hydrogen) atoms. The minimum absolute atomic E-state index is 0.00457. The molecule has 0 spiro atoms. The molecule has 3 aromatic rings. The van der Waals surface area contributed by atoms with E-state index in [-0.39, 0.29) is 18.0 Å². The Hall–Kier alpha value is -4.86. The summed E-state index contributed by atoms with van der Waals surface area (Å²) in [5, 5.41) is 0. The van der Waals surface area contributed by atoms with Gasteiger partial charge in [0.15, 0.2) is 28.8 Å². The van der Waals surface area contributed by atoms with Gasteiger partial charge in [0, 0.05) is 28.7 Å². The van der Waals surface area contributed by atoms with Crippen LogP contribution in [-0.2, 0) is 4.79 Å². The maximum atomic E-state index is 13.5. The van der Waals surface area contributed by atoms with Crippen molar-refractivity contribution in [3.8, 4) is 46.0 Å². The van der Waals surface area contributed by atoms with Gasteiger partial charge in [0.25, 0.3) is 0 Å². The van der Waals surface area contributed by atoms with Crippen LogP contribution in [0.5, 0.6) is 46.0 Å². The number of esters is 1. The van der Waals surface area contributed by atoms with Crippen LogP contribution in [0.2, 0.25) is 0 Å². The first kappa shape index (κ1) is 26.7. The molecule has 0 N–H and O–H groups in total. The topological polar surface area (TPSA) is 108 Å². The molecule has 3 aromatic carbocycles. The van der Waals surface area contributed by atoms with Gasteiger partial charge in [-0.05, 0) is 30.3 Å². The number of hydrogen-bond donors (Lipinski definition) is 0. The van der Waals surface area contributed by atoms with Crippen molar-refractivity contribution in [2.24, 2.45) is 0 Å². The van der Waals surface area contributed by atoms with E-state index in [1.54, 1.807) is 42.5 Å². The maximum absolute atomic E-state index is 13.5. The molecular weight excluding hydrogens is 520 g/mol. The summed E-state index contributed by atoms with van der Waals surface area (Å²) in [6.45, 7) is 0. The Labute approximate surface area is 230 Å². The zero-order valence-corrected chi connectivity index (χ0v) is 22.9. The summed E-state index contributed by atoms with van der Waals surface area (Å²) in [4.78, 5) is 26.2. The third kappa shape index (κ3) is 4.31. The Bertz CT molecular complexity index is 1540. The highest BCUT2D eigenvalue weighted by Crippen LogP contribution is 2.53.